The Morgan fingerprint density at radius 3 is 2.42 bits per heavy atom. The molecular weight excluding hydrogens is 296 g/mol. The molecule has 1 aliphatic heterocycles. The molecule has 0 atom stereocenters. The van der Waals surface area contributed by atoms with Crippen molar-refractivity contribution in [2.75, 3.05) is 31.1 Å². The molecule has 0 unspecified atom stereocenters. The Morgan fingerprint density at radius 1 is 0.875 bits per heavy atom. The van der Waals surface area contributed by atoms with Crippen LogP contribution < -0.4 is 4.90 Å². The lowest BCUT2D eigenvalue weighted by Crippen LogP contribution is -2.49. The van der Waals surface area contributed by atoms with E-state index in [1.807, 2.05) is 11.0 Å². The molecule has 1 saturated heterocycles. The van der Waals surface area contributed by atoms with Gasteiger partial charge >= 0.3 is 0 Å². The van der Waals surface area contributed by atoms with Gasteiger partial charge in [0.1, 0.15) is 0 Å². The number of aryl methyl sites for hydroxylation is 2. The fraction of sp³-hybridized carbons (Fsp3) is 0.381. The van der Waals surface area contributed by atoms with Crippen LogP contribution in [0.25, 0.3) is 0 Å². The molecule has 2 aromatic carbocycles. The van der Waals surface area contributed by atoms with Crippen LogP contribution >= 0.6 is 0 Å². The molecular formula is C21H24N2O. The highest BCUT2D eigenvalue weighted by Gasteiger charge is 2.21. The maximum Gasteiger partial charge on any atom is 0.227 e. The number of carbonyl (C=O) groups is 1. The van der Waals surface area contributed by atoms with Gasteiger partial charge in [-0.2, -0.15) is 0 Å². The Morgan fingerprint density at radius 2 is 1.62 bits per heavy atom. The Labute approximate surface area is 143 Å². The SMILES string of the molecule is O=C(Cc1ccc2c(c1)CCC2)N1CCN(c2ccccc2)CC1. The zero-order valence-electron chi connectivity index (χ0n) is 14.1. The maximum absolute atomic E-state index is 12.6. The van der Waals surface area contributed by atoms with E-state index in [0.29, 0.717) is 6.42 Å². The van der Waals surface area contributed by atoms with Gasteiger partial charge < -0.3 is 9.80 Å². The summed E-state index contributed by atoms with van der Waals surface area (Å²) < 4.78 is 0. The zero-order valence-corrected chi connectivity index (χ0v) is 14.1. The van der Waals surface area contributed by atoms with Crippen molar-refractivity contribution >= 4 is 11.6 Å². The third kappa shape index (κ3) is 3.16. The van der Waals surface area contributed by atoms with Gasteiger partial charge in [-0.3, -0.25) is 4.79 Å². The van der Waals surface area contributed by atoms with E-state index in [1.54, 1.807) is 0 Å². The van der Waals surface area contributed by atoms with Crippen molar-refractivity contribution in [1.29, 1.82) is 0 Å². The van der Waals surface area contributed by atoms with Gasteiger partial charge in [-0.1, -0.05) is 36.4 Å². The summed E-state index contributed by atoms with van der Waals surface area (Å²) in [5.41, 5.74) is 5.35. The number of anilines is 1. The molecule has 0 bridgehead atoms. The number of rotatable bonds is 3. The molecule has 1 heterocycles. The van der Waals surface area contributed by atoms with Crippen LogP contribution in [0.5, 0.6) is 0 Å². The van der Waals surface area contributed by atoms with E-state index < -0.39 is 0 Å². The van der Waals surface area contributed by atoms with E-state index in [1.165, 1.54) is 41.6 Å². The molecule has 0 aromatic heterocycles. The van der Waals surface area contributed by atoms with Gasteiger partial charge in [0.25, 0.3) is 0 Å². The lowest BCUT2D eigenvalue weighted by molar-refractivity contribution is -0.130. The topological polar surface area (TPSA) is 23.6 Å². The molecule has 124 valence electrons. The molecule has 0 N–H and O–H groups in total. The minimum Gasteiger partial charge on any atom is -0.368 e. The lowest BCUT2D eigenvalue weighted by Gasteiger charge is -2.36. The number of hydrogen-bond donors (Lipinski definition) is 0. The van der Waals surface area contributed by atoms with Gasteiger partial charge in [-0.25, -0.2) is 0 Å². The number of amides is 1. The van der Waals surface area contributed by atoms with E-state index in [0.717, 1.165) is 26.2 Å². The van der Waals surface area contributed by atoms with Crippen molar-refractivity contribution in [2.45, 2.75) is 25.7 Å². The minimum atomic E-state index is 0.264. The predicted octanol–water partition coefficient (Wildman–Crippen LogP) is 3.07. The monoisotopic (exact) mass is 320 g/mol. The first-order chi connectivity index (χ1) is 11.8. The molecule has 1 amide bonds. The highest BCUT2D eigenvalue weighted by molar-refractivity contribution is 5.79. The van der Waals surface area contributed by atoms with Crippen LogP contribution in [0.3, 0.4) is 0 Å². The van der Waals surface area contributed by atoms with Crippen molar-refractivity contribution in [2.24, 2.45) is 0 Å². The molecule has 2 aliphatic rings. The number of carbonyl (C=O) groups excluding carboxylic acids is 1. The van der Waals surface area contributed by atoms with Gasteiger partial charge in [-0.15, -0.1) is 0 Å². The average molecular weight is 320 g/mol. The van der Waals surface area contributed by atoms with Crippen LogP contribution in [0.4, 0.5) is 5.69 Å². The second kappa shape index (κ2) is 6.68. The van der Waals surface area contributed by atoms with Crippen molar-refractivity contribution in [3.05, 3.63) is 65.2 Å². The number of piperazine rings is 1. The molecule has 3 heteroatoms. The highest BCUT2D eigenvalue weighted by atomic mass is 16.2. The van der Waals surface area contributed by atoms with Crippen molar-refractivity contribution < 1.29 is 4.79 Å². The number of benzene rings is 2. The summed E-state index contributed by atoms with van der Waals surface area (Å²) in [5.74, 6) is 0.264. The van der Waals surface area contributed by atoms with Crippen molar-refractivity contribution in [3.63, 3.8) is 0 Å². The summed E-state index contributed by atoms with van der Waals surface area (Å²) in [6.07, 6.45) is 4.17. The summed E-state index contributed by atoms with van der Waals surface area (Å²) in [6, 6.07) is 17.1. The fourth-order valence-electron chi connectivity index (χ4n) is 3.87. The zero-order chi connectivity index (χ0) is 16.4. The number of nitrogens with zero attached hydrogens (tertiary/aromatic N) is 2. The summed E-state index contributed by atoms with van der Waals surface area (Å²) >= 11 is 0. The van der Waals surface area contributed by atoms with E-state index in [-0.39, 0.29) is 5.91 Å². The summed E-state index contributed by atoms with van der Waals surface area (Å²) in [4.78, 5) is 17.0. The Balaban J connectivity index is 1.35. The molecule has 4 rings (SSSR count). The molecule has 0 spiro atoms. The first-order valence-corrected chi connectivity index (χ1v) is 8.98. The van der Waals surface area contributed by atoms with Crippen molar-refractivity contribution in [3.8, 4) is 0 Å². The quantitative estimate of drug-likeness (QED) is 0.868. The molecule has 2 aromatic rings. The molecule has 24 heavy (non-hydrogen) atoms. The number of para-hydroxylation sites is 1. The Bertz CT molecular complexity index is 718. The average Bonchev–Trinajstić information content (AvgIpc) is 3.10. The predicted molar refractivity (Wildman–Crippen MR) is 97.4 cm³/mol. The summed E-state index contributed by atoms with van der Waals surface area (Å²) in [6.45, 7) is 3.47. The molecule has 1 fully saturated rings. The lowest BCUT2D eigenvalue weighted by atomic mass is 10.0. The van der Waals surface area contributed by atoms with E-state index in [2.05, 4.69) is 47.4 Å². The van der Waals surface area contributed by atoms with E-state index in [4.69, 9.17) is 0 Å². The fourth-order valence-corrected chi connectivity index (χ4v) is 3.87. The second-order valence-electron chi connectivity index (χ2n) is 6.84. The standard InChI is InChI=1S/C21H24N2O/c24-21(16-17-9-10-18-5-4-6-19(18)15-17)23-13-11-22(12-14-23)20-7-2-1-3-8-20/h1-3,7-10,15H,4-6,11-14,16H2. The van der Waals surface area contributed by atoms with Gasteiger partial charge in [0, 0.05) is 31.9 Å². The Kier molecular flexibility index (Phi) is 4.24. The van der Waals surface area contributed by atoms with Crippen LogP contribution in [0.15, 0.2) is 48.5 Å². The Hall–Kier alpha value is -2.29. The van der Waals surface area contributed by atoms with Crippen molar-refractivity contribution in [1.82, 2.24) is 4.90 Å². The second-order valence-corrected chi connectivity index (χ2v) is 6.84. The van der Waals surface area contributed by atoms with E-state index >= 15 is 0 Å². The molecule has 0 saturated carbocycles. The van der Waals surface area contributed by atoms with Crippen LogP contribution in [-0.4, -0.2) is 37.0 Å². The van der Waals surface area contributed by atoms with Gasteiger partial charge in [-0.05, 0) is 48.1 Å². The number of hydrogen-bond acceptors (Lipinski definition) is 2. The summed E-state index contributed by atoms with van der Waals surface area (Å²) in [7, 11) is 0. The van der Waals surface area contributed by atoms with Gasteiger partial charge in [0.2, 0.25) is 5.91 Å². The maximum atomic E-state index is 12.6. The number of fused-ring (bicyclic) bond motifs is 1. The first kappa shape index (κ1) is 15.3. The smallest absolute Gasteiger partial charge is 0.227 e. The molecule has 1 aliphatic carbocycles. The van der Waals surface area contributed by atoms with Crippen LogP contribution in [0.1, 0.15) is 23.1 Å². The molecule has 0 radical (unpaired) electrons. The van der Waals surface area contributed by atoms with Gasteiger partial charge in [0.05, 0.1) is 6.42 Å². The minimum absolute atomic E-state index is 0.264. The summed E-state index contributed by atoms with van der Waals surface area (Å²) in [5, 5.41) is 0. The molecule has 3 nitrogen and oxygen atoms in total. The largest absolute Gasteiger partial charge is 0.368 e. The van der Waals surface area contributed by atoms with Gasteiger partial charge in [0.15, 0.2) is 0 Å². The third-order valence-electron chi connectivity index (χ3n) is 5.27. The van der Waals surface area contributed by atoms with Crippen LogP contribution in [0.2, 0.25) is 0 Å². The normalized spacial score (nSPS) is 17.0. The van der Waals surface area contributed by atoms with Crippen LogP contribution in [0, 0.1) is 0 Å². The highest BCUT2D eigenvalue weighted by Crippen LogP contribution is 2.23. The van der Waals surface area contributed by atoms with E-state index in [9.17, 15) is 4.79 Å². The third-order valence-corrected chi connectivity index (χ3v) is 5.27. The van der Waals surface area contributed by atoms with Crippen LogP contribution in [-0.2, 0) is 24.1 Å². The first-order valence-electron chi connectivity index (χ1n) is 8.98.